The number of nitrogens with zero attached hydrogens (tertiary/aromatic N) is 1. The number of hydrogen-bond acceptors (Lipinski definition) is 4. The van der Waals surface area contributed by atoms with E-state index in [0.717, 1.165) is 30.5 Å². The Morgan fingerprint density at radius 1 is 1.43 bits per heavy atom. The van der Waals surface area contributed by atoms with E-state index in [1.807, 2.05) is 0 Å². The zero-order chi connectivity index (χ0) is 15.6. The third kappa shape index (κ3) is 3.53. The molecule has 0 fully saturated rings. The van der Waals surface area contributed by atoms with Gasteiger partial charge < -0.3 is 15.5 Å². The average Bonchev–Trinajstić information content (AvgIpc) is 2.83. The number of rotatable bonds is 5. The minimum atomic E-state index is -0.962. The number of carboxylic acids is 1. The van der Waals surface area contributed by atoms with Gasteiger partial charge in [0.05, 0.1) is 0 Å². The molecule has 0 saturated heterocycles. The van der Waals surface area contributed by atoms with Gasteiger partial charge in [0.25, 0.3) is 0 Å². The highest BCUT2D eigenvalue weighted by molar-refractivity contribution is 5.93. The van der Waals surface area contributed by atoms with Crippen molar-refractivity contribution >= 4 is 11.8 Å². The number of aryl methyl sites for hydroxylation is 2. The van der Waals surface area contributed by atoms with Gasteiger partial charge in [0.15, 0.2) is 0 Å². The highest BCUT2D eigenvalue weighted by Gasteiger charge is 2.27. The summed E-state index contributed by atoms with van der Waals surface area (Å²) in [6, 6.07) is 1.71. The number of aromatic nitrogens is 1. The van der Waals surface area contributed by atoms with Crippen molar-refractivity contribution in [3.63, 3.8) is 0 Å². The summed E-state index contributed by atoms with van der Waals surface area (Å²) in [6.45, 7) is 6.25. The number of aliphatic hydroxyl groups excluding tert-OH is 1. The fourth-order valence-electron chi connectivity index (χ4n) is 2.76. The van der Waals surface area contributed by atoms with E-state index in [-0.39, 0.29) is 23.6 Å². The molecule has 0 aromatic carbocycles. The monoisotopic (exact) mass is 292 g/mol. The van der Waals surface area contributed by atoms with Crippen molar-refractivity contribution in [2.24, 2.45) is 5.41 Å². The molecule has 1 heterocycles. The highest BCUT2D eigenvalue weighted by atomic mass is 16.4. The van der Waals surface area contributed by atoms with Gasteiger partial charge in [0.2, 0.25) is 0 Å². The summed E-state index contributed by atoms with van der Waals surface area (Å²) in [4.78, 5) is 16.0. The number of nitrogens with one attached hydrogen (secondary N) is 1. The van der Waals surface area contributed by atoms with Crippen molar-refractivity contribution in [2.75, 3.05) is 11.9 Å². The Labute approximate surface area is 125 Å². The van der Waals surface area contributed by atoms with Crippen molar-refractivity contribution < 1.29 is 15.0 Å². The van der Waals surface area contributed by atoms with Crippen LogP contribution in [0.2, 0.25) is 0 Å². The van der Waals surface area contributed by atoms with Crippen LogP contribution in [0.4, 0.5) is 5.82 Å². The molecular formula is C16H24N2O3. The summed E-state index contributed by atoms with van der Waals surface area (Å²) in [5.41, 5.74) is 2.17. The molecule has 0 spiro atoms. The van der Waals surface area contributed by atoms with E-state index in [4.69, 9.17) is 0 Å². The second-order valence-corrected chi connectivity index (χ2v) is 6.72. The van der Waals surface area contributed by atoms with Crippen LogP contribution in [0.5, 0.6) is 0 Å². The van der Waals surface area contributed by atoms with E-state index in [1.54, 1.807) is 6.07 Å². The van der Waals surface area contributed by atoms with Crippen LogP contribution in [0.3, 0.4) is 0 Å². The zero-order valence-electron chi connectivity index (χ0n) is 12.9. The average molecular weight is 292 g/mol. The zero-order valence-corrected chi connectivity index (χ0v) is 12.9. The topological polar surface area (TPSA) is 82.5 Å². The van der Waals surface area contributed by atoms with E-state index in [0.29, 0.717) is 12.2 Å². The molecule has 21 heavy (non-hydrogen) atoms. The molecule has 1 aliphatic rings. The van der Waals surface area contributed by atoms with Gasteiger partial charge in [-0.2, -0.15) is 0 Å². The first-order valence-electron chi connectivity index (χ1n) is 7.46. The lowest BCUT2D eigenvalue weighted by Crippen LogP contribution is -2.35. The molecule has 0 bridgehead atoms. The van der Waals surface area contributed by atoms with Crippen LogP contribution >= 0.6 is 0 Å². The molecule has 2 rings (SSSR count). The molecule has 1 aromatic heterocycles. The fraction of sp³-hybridized carbons (Fsp3) is 0.625. The maximum Gasteiger partial charge on any atom is 0.339 e. The first-order valence-corrected chi connectivity index (χ1v) is 7.46. The number of fused-ring (bicyclic) bond motifs is 1. The predicted molar refractivity (Wildman–Crippen MR) is 81.8 cm³/mol. The first kappa shape index (κ1) is 15.8. The Hall–Kier alpha value is -1.62. The van der Waals surface area contributed by atoms with Crippen LogP contribution in [-0.2, 0) is 12.8 Å². The van der Waals surface area contributed by atoms with E-state index < -0.39 is 5.97 Å². The molecule has 1 unspecified atom stereocenters. The Kier molecular flexibility index (Phi) is 4.52. The van der Waals surface area contributed by atoms with Crippen molar-refractivity contribution in [2.45, 2.75) is 52.5 Å². The van der Waals surface area contributed by atoms with E-state index in [2.05, 4.69) is 31.1 Å². The van der Waals surface area contributed by atoms with Crippen LogP contribution in [-0.4, -0.2) is 33.8 Å². The molecule has 5 heteroatoms. The van der Waals surface area contributed by atoms with Crippen LogP contribution in [0, 0.1) is 5.41 Å². The molecule has 1 aliphatic carbocycles. The molecule has 0 amide bonds. The van der Waals surface area contributed by atoms with Gasteiger partial charge in [-0.15, -0.1) is 0 Å². The summed E-state index contributed by atoms with van der Waals surface area (Å²) >= 11 is 0. The summed E-state index contributed by atoms with van der Waals surface area (Å²) in [5, 5.41) is 21.9. The third-order valence-corrected chi connectivity index (χ3v) is 4.06. The van der Waals surface area contributed by atoms with Crippen molar-refractivity contribution in [3.8, 4) is 0 Å². The van der Waals surface area contributed by atoms with Gasteiger partial charge in [-0.25, -0.2) is 9.78 Å². The lowest BCUT2D eigenvalue weighted by atomic mass is 9.85. The Bertz CT molecular complexity index is 535. The molecule has 5 nitrogen and oxygen atoms in total. The van der Waals surface area contributed by atoms with Crippen LogP contribution in [0.15, 0.2) is 6.07 Å². The van der Waals surface area contributed by atoms with E-state index in [9.17, 15) is 15.0 Å². The van der Waals surface area contributed by atoms with Gasteiger partial charge in [-0.1, -0.05) is 20.8 Å². The largest absolute Gasteiger partial charge is 0.478 e. The second-order valence-electron chi connectivity index (χ2n) is 6.72. The normalized spacial score (nSPS) is 15.6. The van der Waals surface area contributed by atoms with Gasteiger partial charge in [0.1, 0.15) is 11.4 Å². The molecule has 0 radical (unpaired) electrons. The van der Waals surface area contributed by atoms with Gasteiger partial charge in [-0.3, -0.25) is 0 Å². The Morgan fingerprint density at radius 2 is 2.14 bits per heavy atom. The molecule has 3 N–H and O–H groups in total. The molecule has 0 aliphatic heterocycles. The quantitative estimate of drug-likeness (QED) is 0.776. The Balaban J connectivity index is 2.35. The van der Waals surface area contributed by atoms with E-state index >= 15 is 0 Å². The summed E-state index contributed by atoms with van der Waals surface area (Å²) in [7, 11) is 0. The van der Waals surface area contributed by atoms with Crippen LogP contribution < -0.4 is 5.32 Å². The molecule has 0 saturated carbocycles. The lowest BCUT2D eigenvalue weighted by molar-refractivity contribution is 0.0697. The van der Waals surface area contributed by atoms with Gasteiger partial charge in [0, 0.05) is 18.3 Å². The van der Waals surface area contributed by atoms with Crippen LogP contribution in [0.25, 0.3) is 0 Å². The van der Waals surface area contributed by atoms with Crippen molar-refractivity contribution in [3.05, 3.63) is 22.9 Å². The Morgan fingerprint density at radius 3 is 2.71 bits per heavy atom. The minimum absolute atomic E-state index is 0.0347. The number of carbonyl (C=O) groups is 1. The summed E-state index contributed by atoms with van der Waals surface area (Å²) < 4.78 is 0. The molecule has 1 atom stereocenters. The first-order chi connectivity index (χ1) is 9.82. The van der Waals surface area contributed by atoms with Crippen LogP contribution in [0.1, 0.15) is 55.2 Å². The van der Waals surface area contributed by atoms with Crippen molar-refractivity contribution in [1.82, 2.24) is 4.98 Å². The minimum Gasteiger partial charge on any atom is -0.478 e. The van der Waals surface area contributed by atoms with Gasteiger partial charge >= 0.3 is 5.97 Å². The number of anilines is 1. The van der Waals surface area contributed by atoms with E-state index in [1.165, 1.54) is 0 Å². The number of hydrogen-bond donors (Lipinski definition) is 3. The fourth-order valence-corrected chi connectivity index (χ4v) is 2.76. The second kappa shape index (κ2) is 6.02. The standard InChI is InChI=1S/C16H24N2O3/c1-16(2,3)13(7-8-19)18-14-11(15(20)21)9-10-5-4-6-12(10)17-14/h9,13,19H,4-8H2,1-3H3,(H,17,18)(H,20,21). The maximum atomic E-state index is 11.5. The lowest BCUT2D eigenvalue weighted by Gasteiger charge is -2.32. The molecule has 1 aromatic rings. The number of pyridine rings is 1. The van der Waals surface area contributed by atoms with Crippen molar-refractivity contribution in [1.29, 1.82) is 0 Å². The molecule has 116 valence electrons. The SMILES string of the molecule is CC(C)(C)C(CCO)Nc1nc2c(cc1C(=O)O)CCC2. The smallest absolute Gasteiger partial charge is 0.339 e. The number of carboxylic acid groups (broad SMARTS) is 1. The number of aliphatic hydroxyl groups is 1. The predicted octanol–water partition coefficient (Wildman–Crippen LogP) is 2.48. The highest BCUT2D eigenvalue weighted by Crippen LogP contribution is 2.29. The third-order valence-electron chi connectivity index (χ3n) is 4.06. The number of aromatic carboxylic acids is 1. The summed E-state index contributed by atoms with van der Waals surface area (Å²) in [6.07, 6.45) is 3.40. The summed E-state index contributed by atoms with van der Waals surface area (Å²) in [5.74, 6) is -0.534. The maximum absolute atomic E-state index is 11.5. The molecular weight excluding hydrogens is 268 g/mol. The van der Waals surface area contributed by atoms with Gasteiger partial charge in [-0.05, 0) is 42.7 Å².